The molecule has 4 aromatic rings. The quantitative estimate of drug-likeness (QED) is 0.128. The lowest BCUT2D eigenvalue weighted by atomic mass is 9.96. The molecule has 0 saturated heterocycles. The summed E-state index contributed by atoms with van der Waals surface area (Å²) in [5.41, 5.74) is 0.0780. The number of benzene rings is 2. The number of aromatic nitrogens is 1. The van der Waals surface area contributed by atoms with Crippen molar-refractivity contribution in [1.82, 2.24) is 15.6 Å². The predicted molar refractivity (Wildman–Crippen MR) is 151 cm³/mol. The topological polar surface area (TPSA) is 120 Å². The summed E-state index contributed by atoms with van der Waals surface area (Å²) >= 11 is 0. The molecule has 0 spiro atoms. The summed E-state index contributed by atoms with van der Waals surface area (Å²) in [5.74, 6) is -1.68. The second-order valence-corrected chi connectivity index (χ2v) is 10.0. The van der Waals surface area contributed by atoms with Crippen molar-refractivity contribution in [2.75, 3.05) is 7.05 Å². The van der Waals surface area contributed by atoms with E-state index >= 15 is 0 Å². The van der Waals surface area contributed by atoms with Crippen LogP contribution in [0.4, 0.5) is 17.6 Å². The van der Waals surface area contributed by atoms with Gasteiger partial charge in [-0.15, -0.1) is 0 Å². The largest absolute Gasteiger partial charge is 0.437 e. The Morgan fingerprint density at radius 3 is 2.36 bits per heavy atom. The van der Waals surface area contributed by atoms with Crippen molar-refractivity contribution in [1.29, 1.82) is 5.41 Å². The molecule has 2 aromatic heterocycles. The Morgan fingerprint density at radius 2 is 1.74 bits per heavy atom. The number of amidine groups is 1. The summed E-state index contributed by atoms with van der Waals surface area (Å²) in [6.07, 6.45) is -6.14. The first-order valence-corrected chi connectivity index (χ1v) is 12.7. The van der Waals surface area contributed by atoms with Crippen LogP contribution in [0.2, 0.25) is 0 Å². The van der Waals surface area contributed by atoms with Crippen LogP contribution in [0.5, 0.6) is 0 Å². The lowest BCUT2D eigenvalue weighted by Crippen LogP contribution is -2.48. The van der Waals surface area contributed by atoms with E-state index < -0.39 is 42.2 Å². The number of hydrogen-bond acceptors (Lipinski definition) is 5. The second-order valence-electron chi connectivity index (χ2n) is 10.0. The molecule has 2 heterocycles. The maximum atomic E-state index is 13.6. The number of furan rings is 1. The van der Waals surface area contributed by atoms with E-state index in [1.807, 2.05) is 0 Å². The van der Waals surface area contributed by atoms with Crippen LogP contribution in [0, 0.1) is 11.2 Å². The van der Waals surface area contributed by atoms with Crippen LogP contribution in [-0.2, 0) is 6.42 Å². The van der Waals surface area contributed by atoms with Crippen LogP contribution in [0.15, 0.2) is 64.0 Å². The van der Waals surface area contributed by atoms with Crippen molar-refractivity contribution in [3.8, 4) is 22.5 Å². The van der Waals surface area contributed by atoms with E-state index in [0.29, 0.717) is 11.1 Å². The van der Waals surface area contributed by atoms with Gasteiger partial charge in [-0.3, -0.25) is 15.0 Å². The molecule has 0 unspecified atom stereocenters. The molecule has 0 fully saturated rings. The lowest BCUT2D eigenvalue weighted by Gasteiger charge is -2.24. The molecule has 2 amide bonds. The summed E-state index contributed by atoms with van der Waals surface area (Å²) in [6, 6.07) is 12.9. The molecule has 4 rings (SSSR count). The second kappa shape index (κ2) is 11.6. The predicted octanol–water partition coefficient (Wildman–Crippen LogP) is 6.34. The molecule has 0 bridgehead atoms. The number of aryl methyl sites for hydroxylation is 1. The van der Waals surface area contributed by atoms with Crippen molar-refractivity contribution in [3.05, 3.63) is 77.2 Å². The van der Waals surface area contributed by atoms with Crippen LogP contribution >= 0.6 is 0 Å². The third kappa shape index (κ3) is 6.37. The van der Waals surface area contributed by atoms with Crippen molar-refractivity contribution in [3.63, 3.8) is 0 Å². The SMILES string of the molecule is C=NC(=N)C(C)(C)NC(=O)c1cccc(-c2cc3c(C(=O)NC)c(-c4ccc(F)cc4)oc3nc2CCC(F)(F)F)c1. The number of carbonyl (C=O) groups is 2. The van der Waals surface area contributed by atoms with E-state index in [1.165, 1.54) is 49.5 Å². The van der Waals surface area contributed by atoms with Gasteiger partial charge in [0.05, 0.1) is 22.2 Å². The van der Waals surface area contributed by atoms with Gasteiger partial charge in [0.2, 0.25) is 5.71 Å². The van der Waals surface area contributed by atoms with Crippen LogP contribution in [0.1, 0.15) is 46.7 Å². The van der Waals surface area contributed by atoms with Gasteiger partial charge in [-0.05, 0) is 75.0 Å². The molecule has 8 nitrogen and oxygen atoms in total. The molecule has 42 heavy (non-hydrogen) atoms. The fraction of sp³-hybridized carbons (Fsp3) is 0.233. The van der Waals surface area contributed by atoms with E-state index in [9.17, 15) is 27.2 Å². The van der Waals surface area contributed by atoms with Gasteiger partial charge < -0.3 is 15.1 Å². The van der Waals surface area contributed by atoms with Crippen molar-refractivity contribution in [2.24, 2.45) is 4.99 Å². The Bertz CT molecular complexity index is 1690. The van der Waals surface area contributed by atoms with Gasteiger partial charge in [0, 0.05) is 30.2 Å². The minimum atomic E-state index is -4.47. The van der Waals surface area contributed by atoms with Crippen LogP contribution in [0.3, 0.4) is 0 Å². The Kier molecular flexibility index (Phi) is 8.28. The van der Waals surface area contributed by atoms with E-state index in [0.717, 1.165) is 0 Å². The van der Waals surface area contributed by atoms with Crippen molar-refractivity contribution < 1.29 is 31.6 Å². The zero-order chi connectivity index (χ0) is 30.8. The van der Waals surface area contributed by atoms with Crippen LogP contribution in [0.25, 0.3) is 33.6 Å². The average molecular weight is 582 g/mol. The summed E-state index contributed by atoms with van der Waals surface area (Å²) in [7, 11) is 1.41. The Balaban J connectivity index is 1.90. The Morgan fingerprint density at radius 1 is 1.05 bits per heavy atom. The number of nitrogens with zero attached hydrogens (tertiary/aromatic N) is 2. The van der Waals surface area contributed by atoms with E-state index in [4.69, 9.17) is 9.83 Å². The first-order valence-electron chi connectivity index (χ1n) is 12.7. The van der Waals surface area contributed by atoms with Crippen molar-refractivity contribution in [2.45, 2.75) is 38.4 Å². The van der Waals surface area contributed by atoms with Gasteiger partial charge in [-0.1, -0.05) is 12.1 Å². The molecule has 0 aliphatic rings. The molecule has 0 aliphatic carbocycles. The van der Waals surface area contributed by atoms with E-state index in [2.05, 4.69) is 27.3 Å². The number of alkyl halides is 3. The molecule has 12 heteroatoms. The van der Waals surface area contributed by atoms with E-state index in [-0.39, 0.29) is 45.1 Å². The zero-order valence-corrected chi connectivity index (χ0v) is 22.9. The maximum Gasteiger partial charge on any atom is 0.389 e. The third-order valence-electron chi connectivity index (χ3n) is 6.58. The molecule has 0 atom stereocenters. The summed E-state index contributed by atoms with van der Waals surface area (Å²) < 4.78 is 59.3. The summed E-state index contributed by atoms with van der Waals surface area (Å²) in [4.78, 5) is 34.0. The zero-order valence-electron chi connectivity index (χ0n) is 22.9. The highest BCUT2D eigenvalue weighted by Gasteiger charge is 2.30. The maximum absolute atomic E-state index is 13.6. The smallest absolute Gasteiger partial charge is 0.389 e. The third-order valence-corrected chi connectivity index (χ3v) is 6.58. The summed E-state index contributed by atoms with van der Waals surface area (Å²) in [5, 5.41) is 13.4. The number of amides is 2. The number of nitrogens with one attached hydrogen (secondary N) is 3. The van der Waals surface area contributed by atoms with Gasteiger partial charge >= 0.3 is 6.18 Å². The lowest BCUT2D eigenvalue weighted by molar-refractivity contribution is -0.134. The van der Waals surface area contributed by atoms with Gasteiger partial charge in [-0.2, -0.15) is 13.2 Å². The van der Waals surface area contributed by atoms with Crippen molar-refractivity contribution >= 4 is 35.5 Å². The fourth-order valence-corrected chi connectivity index (χ4v) is 4.36. The highest BCUT2D eigenvalue weighted by Crippen LogP contribution is 2.37. The number of rotatable bonds is 8. The monoisotopic (exact) mass is 581 g/mol. The number of fused-ring (bicyclic) bond motifs is 1. The fourth-order valence-electron chi connectivity index (χ4n) is 4.36. The molecular weight excluding hydrogens is 554 g/mol. The first-order chi connectivity index (χ1) is 19.7. The van der Waals surface area contributed by atoms with Gasteiger partial charge in [0.15, 0.2) is 0 Å². The molecule has 2 aromatic carbocycles. The highest BCUT2D eigenvalue weighted by molar-refractivity contribution is 6.11. The Hall–Kier alpha value is -4.87. The average Bonchev–Trinajstić information content (AvgIpc) is 3.32. The summed E-state index contributed by atoms with van der Waals surface area (Å²) in [6.45, 7) is 6.47. The number of carbonyl (C=O) groups excluding carboxylic acids is 2. The number of pyridine rings is 1. The molecule has 218 valence electrons. The standard InChI is InChI=1S/C30H27F4N5O3/c1-29(2,28(35)37-4)39-25(40)18-7-5-6-17(14-18)20-15-21-23(26(41)36-3)24(16-8-10-19(31)11-9-16)42-27(21)38-22(20)12-13-30(32,33)34/h5-11,14-15,35H,4,12-13H2,1-3H3,(H,36,41)(H,39,40). The highest BCUT2D eigenvalue weighted by atomic mass is 19.4. The van der Waals surface area contributed by atoms with Gasteiger partial charge in [0.25, 0.3) is 11.8 Å². The number of aliphatic imine (C=N–C) groups is 1. The van der Waals surface area contributed by atoms with Gasteiger partial charge in [0.1, 0.15) is 17.4 Å². The minimum absolute atomic E-state index is 0.0400. The molecule has 0 saturated carbocycles. The molecule has 0 aliphatic heterocycles. The van der Waals surface area contributed by atoms with Crippen LogP contribution in [-0.4, -0.2) is 48.1 Å². The normalized spacial score (nSPS) is 11.8. The van der Waals surface area contributed by atoms with Crippen LogP contribution < -0.4 is 10.6 Å². The molecule has 3 N–H and O–H groups in total. The number of halogens is 4. The number of hydrogen-bond donors (Lipinski definition) is 3. The molecular formula is C30H27F4N5O3. The minimum Gasteiger partial charge on any atom is -0.437 e. The Labute approximate surface area is 238 Å². The molecule has 0 radical (unpaired) electrons. The first kappa shape index (κ1) is 30.1. The van der Waals surface area contributed by atoms with E-state index in [1.54, 1.807) is 26.0 Å². The van der Waals surface area contributed by atoms with Gasteiger partial charge in [-0.25, -0.2) is 14.4 Å².